The lowest BCUT2D eigenvalue weighted by Gasteiger charge is -2.02. The topological polar surface area (TPSA) is 81.8 Å². The van der Waals surface area contributed by atoms with Crippen LogP contribution in [0.5, 0.6) is 11.5 Å². The first-order valence-corrected chi connectivity index (χ1v) is 6.41. The van der Waals surface area contributed by atoms with Crippen LogP contribution in [0.25, 0.3) is 10.4 Å². The minimum absolute atomic E-state index is 0.171. The Kier molecular flexibility index (Phi) is 2.60. The van der Waals surface area contributed by atoms with E-state index in [1.54, 1.807) is 0 Å². The van der Waals surface area contributed by atoms with Crippen molar-refractivity contribution in [3.8, 4) is 21.9 Å². The lowest BCUT2D eigenvalue weighted by Crippen LogP contribution is -1.97. The highest BCUT2D eigenvalue weighted by atomic mass is 32.1. The van der Waals surface area contributed by atoms with Gasteiger partial charge in [-0.3, -0.25) is 0 Å². The van der Waals surface area contributed by atoms with Crippen molar-refractivity contribution in [3.05, 3.63) is 28.6 Å². The third kappa shape index (κ3) is 1.80. The molecule has 1 aromatic carbocycles. The fraction of sp³-hybridized carbons (Fsp3) is 0.154. The summed E-state index contributed by atoms with van der Waals surface area (Å²) < 4.78 is 10.6. The summed E-state index contributed by atoms with van der Waals surface area (Å²) in [6, 6.07) is 5.52. The average molecular weight is 277 g/mol. The number of benzene rings is 1. The number of carboxylic acid groups (broad SMARTS) is 1. The lowest BCUT2D eigenvalue weighted by molar-refractivity contribution is 0.0703. The molecule has 1 aromatic heterocycles. The molecule has 3 N–H and O–H groups in total. The van der Waals surface area contributed by atoms with Crippen LogP contribution in [0.4, 0.5) is 5.69 Å². The highest BCUT2D eigenvalue weighted by Crippen LogP contribution is 2.42. The summed E-state index contributed by atoms with van der Waals surface area (Å²) >= 11 is 1.17. The summed E-state index contributed by atoms with van der Waals surface area (Å²) in [5.74, 6) is 0.364. The number of rotatable bonds is 2. The zero-order valence-electron chi connectivity index (χ0n) is 10.1. The predicted octanol–water partition coefficient (Wildman–Crippen LogP) is 2.73. The van der Waals surface area contributed by atoms with E-state index in [1.807, 2.05) is 25.1 Å². The van der Waals surface area contributed by atoms with Crippen molar-refractivity contribution in [1.29, 1.82) is 0 Å². The van der Waals surface area contributed by atoms with E-state index >= 15 is 0 Å². The quantitative estimate of drug-likeness (QED) is 0.882. The van der Waals surface area contributed by atoms with Gasteiger partial charge in [0.1, 0.15) is 4.88 Å². The summed E-state index contributed by atoms with van der Waals surface area (Å²) in [6.07, 6.45) is 0. The van der Waals surface area contributed by atoms with Crippen LogP contribution in [-0.2, 0) is 0 Å². The van der Waals surface area contributed by atoms with Crippen LogP contribution in [0.3, 0.4) is 0 Å². The van der Waals surface area contributed by atoms with E-state index in [1.165, 1.54) is 11.3 Å². The normalized spacial score (nSPS) is 12.7. The first kappa shape index (κ1) is 11.9. The summed E-state index contributed by atoms with van der Waals surface area (Å²) in [5, 5.41) is 9.09. The van der Waals surface area contributed by atoms with Crippen LogP contribution < -0.4 is 15.2 Å². The second-order valence-electron chi connectivity index (χ2n) is 4.17. The lowest BCUT2D eigenvalue weighted by atomic mass is 10.1. The maximum absolute atomic E-state index is 11.1. The number of hydrogen-bond donors (Lipinski definition) is 2. The molecule has 1 aliphatic rings. The molecule has 0 unspecified atom stereocenters. The molecule has 0 aliphatic carbocycles. The van der Waals surface area contributed by atoms with Gasteiger partial charge in [0.2, 0.25) is 6.79 Å². The van der Waals surface area contributed by atoms with Gasteiger partial charge in [0, 0.05) is 4.88 Å². The number of carboxylic acids is 1. The number of nitrogens with two attached hydrogens (primary N) is 1. The van der Waals surface area contributed by atoms with Gasteiger partial charge in [-0.15, -0.1) is 11.3 Å². The minimum Gasteiger partial charge on any atom is -0.477 e. The number of fused-ring (bicyclic) bond motifs is 1. The number of anilines is 1. The maximum Gasteiger partial charge on any atom is 0.348 e. The Labute approximate surface area is 113 Å². The Morgan fingerprint density at radius 1 is 1.37 bits per heavy atom. The molecule has 19 heavy (non-hydrogen) atoms. The second-order valence-corrected chi connectivity index (χ2v) is 5.19. The van der Waals surface area contributed by atoms with Gasteiger partial charge in [0.05, 0.1) is 5.69 Å². The van der Waals surface area contributed by atoms with E-state index in [0.717, 1.165) is 16.0 Å². The average Bonchev–Trinajstić information content (AvgIpc) is 2.95. The molecule has 0 atom stereocenters. The SMILES string of the molecule is Cc1c(-c2ccc3c(c2)OCO3)sc(C(=O)O)c1N. The zero-order valence-corrected chi connectivity index (χ0v) is 10.9. The van der Waals surface area contributed by atoms with E-state index in [2.05, 4.69) is 0 Å². The molecule has 0 spiro atoms. The molecule has 0 saturated heterocycles. The van der Waals surface area contributed by atoms with Crippen molar-refractivity contribution < 1.29 is 19.4 Å². The zero-order chi connectivity index (χ0) is 13.6. The molecule has 3 rings (SSSR count). The monoisotopic (exact) mass is 277 g/mol. The third-order valence-electron chi connectivity index (χ3n) is 3.02. The second kappa shape index (κ2) is 4.17. The molecule has 98 valence electrons. The van der Waals surface area contributed by atoms with Crippen LogP contribution >= 0.6 is 11.3 Å². The molecule has 2 heterocycles. The Balaban J connectivity index is 2.12. The van der Waals surface area contributed by atoms with Gasteiger partial charge in [-0.1, -0.05) is 0 Å². The summed E-state index contributed by atoms with van der Waals surface area (Å²) in [6.45, 7) is 2.03. The maximum atomic E-state index is 11.1. The molecule has 0 bridgehead atoms. The number of carbonyl (C=O) groups is 1. The van der Waals surface area contributed by atoms with Gasteiger partial charge in [0.25, 0.3) is 0 Å². The Morgan fingerprint density at radius 2 is 2.11 bits per heavy atom. The molecule has 1 aliphatic heterocycles. The number of ether oxygens (including phenoxy) is 2. The Hall–Kier alpha value is -2.21. The van der Waals surface area contributed by atoms with Gasteiger partial charge in [-0.05, 0) is 36.2 Å². The first-order valence-electron chi connectivity index (χ1n) is 5.60. The number of hydrogen-bond acceptors (Lipinski definition) is 5. The number of aromatic carboxylic acids is 1. The summed E-state index contributed by atoms with van der Waals surface area (Å²) in [4.78, 5) is 12.1. The largest absolute Gasteiger partial charge is 0.477 e. The van der Waals surface area contributed by atoms with Crippen LogP contribution in [0.1, 0.15) is 15.2 Å². The molecule has 0 fully saturated rings. The first-order chi connectivity index (χ1) is 9.08. The Bertz CT molecular complexity index is 678. The smallest absolute Gasteiger partial charge is 0.348 e. The standard InChI is InChI=1S/C13H11NO4S/c1-6-10(14)12(13(15)16)19-11(6)7-2-3-8-9(4-7)18-5-17-8/h2-4H,5,14H2,1H3,(H,15,16). The van der Waals surface area contributed by atoms with E-state index < -0.39 is 5.97 Å². The van der Waals surface area contributed by atoms with Crippen LogP contribution in [0.15, 0.2) is 18.2 Å². The van der Waals surface area contributed by atoms with Crippen LogP contribution in [0.2, 0.25) is 0 Å². The van der Waals surface area contributed by atoms with Crippen molar-refractivity contribution in [1.82, 2.24) is 0 Å². The predicted molar refractivity (Wildman–Crippen MR) is 72.0 cm³/mol. The number of thiophene rings is 1. The third-order valence-corrected chi connectivity index (χ3v) is 4.37. The van der Waals surface area contributed by atoms with Crippen molar-refractivity contribution in [2.24, 2.45) is 0 Å². The van der Waals surface area contributed by atoms with Crippen LogP contribution in [-0.4, -0.2) is 17.9 Å². The molecule has 0 saturated carbocycles. The van der Waals surface area contributed by atoms with Crippen molar-refractivity contribution in [3.63, 3.8) is 0 Å². The van der Waals surface area contributed by atoms with Gasteiger partial charge >= 0.3 is 5.97 Å². The van der Waals surface area contributed by atoms with Crippen molar-refractivity contribution >= 4 is 23.0 Å². The van der Waals surface area contributed by atoms with Gasteiger partial charge in [0.15, 0.2) is 11.5 Å². The van der Waals surface area contributed by atoms with E-state index in [-0.39, 0.29) is 11.7 Å². The number of nitrogen functional groups attached to an aromatic ring is 1. The molecule has 0 radical (unpaired) electrons. The van der Waals surface area contributed by atoms with Crippen LogP contribution in [0, 0.1) is 6.92 Å². The molecule has 6 heteroatoms. The minimum atomic E-state index is -1.00. The highest BCUT2D eigenvalue weighted by Gasteiger charge is 2.20. The summed E-state index contributed by atoms with van der Waals surface area (Å²) in [7, 11) is 0. The van der Waals surface area contributed by atoms with Crippen molar-refractivity contribution in [2.75, 3.05) is 12.5 Å². The molecule has 0 amide bonds. The van der Waals surface area contributed by atoms with Crippen molar-refractivity contribution in [2.45, 2.75) is 6.92 Å². The molecular weight excluding hydrogens is 266 g/mol. The molecule has 5 nitrogen and oxygen atoms in total. The van der Waals surface area contributed by atoms with E-state index in [9.17, 15) is 4.79 Å². The van der Waals surface area contributed by atoms with E-state index in [4.69, 9.17) is 20.3 Å². The Morgan fingerprint density at radius 3 is 2.79 bits per heavy atom. The fourth-order valence-corrected chi connectivity index (χ4v) is 3.06. The van der Waals surface area contributed by atoms with Gasteiger partial charge in [-0.25, -0.2) is 4.79 Å². The van der Waals surface area contributed by atoms with Gasteiger partial charge < -0.3 is 20.3 Å². The summed E-state index contributed by atoms with van der Waals surface area (Å²) in [5.41, 5.74) is 7.81. The highest BCUT2D eigenvalue weighted by molar-refractivity contribution is 7.18. The fourth-order valence-electron chi connectivity index (χ4n) is 2.00. The molecule has 2 aromatic rings. The van der Waals surface area contributed by atoms with E-state index in [0.29, 0.717) is 17.2 Å². The van der Waals surface area contributed by atoms with Gasteiger partial charge in [-0.2, -0.15) is 0 Å². The molecular formula is C13H11NO4S.